The van der Waals surface area contributed by atoms with E-state index < -0.39 is 0 Å². The van der Waals surface area contributed by atoms with Crippen LogP contribution in [0.3, 0.4) is 0 Å². The molecule has 1 aliphatic heterocycles. The Morgan fingerprint density at radius 2 is 2.09 bits per heavy atom. The maximum atomic E-state index is 6.04. The molecule has 0 aliphatic carbocycles. The maximum Gasteiger partial charge on any atom is 0.159 e. The molecule has 0 saturated carbocycles. The number of hydrogen-bond acceptors (Lipinski definition) is 6. The Hall–Kier alpha value is -2.94. The van der Waals surface area contributed by atoms with Gasteiger partial charge in [-0.05, 0) is 50.8 Å². The van der Waals surface area contributed by atoms with E-state index in [9.17, 15) is 0 Å². The van der Waals surface area contributed by atoms with E-state index in [2.05, 4.69) is 70.3 Å². The molecular weight excluding hydrogens is 404 g/mol. The quantitative estimate of drug-likeness (QED) is 0.484. The molecule has 0 spiro atoms. The first-order chi connectivity index (χ1) is 15.5. The van der Waals surface area contributed by atoms with Gasteiger partial charge in [-0.3, -0.25) is 5.10 Å². The van der Waals surface area contributed by atoms with E-state index in [4.69, 9.17) is 14.5 Å². The fraction of sp³-hybridized carbons (Fsp3) is 0.417. The highest BCUT2D eigenvalue weighted by Gasteiger charge is 2.27. The van der Waals surface area contributed by atoms with Crippen LogP contribution in [0, 0.1) is 0 Å². The summed E-state index contributed by atoms with van der Waals surface area (Å²) < 4.78 is 11.4. The third kappa shape index (κ3) is 3.85. The molecule has 2 aromatic carbocycles. The number of anilines is 1. The van der Waals surface area contributed by atoms with Gasteiger partial charge in [0.1, 0.15) is 5.69 Å². The number of benzene rings is 2. The number of methoxy groups -OCH3 is 1. The Morgan fingerprint density at radius 1 is 1.22 bits per heavy atom. The van der Waals surface area contributed by atoms with Crippen LogP contribution in [0.1, 0.15) is 12.5 Å². The molecule has 5 rings (SSSR count). The predicted molar refractivity (Wildman–Crippen MR) is 127 cm³/mol. The summed E-state index contributed by atoms with van der Waals surface area (Å²) in [6.07, 6.45) is 0.198. The first-order valence-electron chi connectivity index (χ1n) is 11.0. The van der Waals surface area contributed by atoms with Crippen molar-refractivity contribution in [3.05, 3.63) is 42.0 Å². The minimum atomic E-state index is 0.198. The lowest BCUT2D eigenvalue weighted by atomic mass is 10.1. The largest absolute Gasteiger partial charge is 0.380 e. The Labute approximate surface area is 187 Å². The van der Waals surface area contributed by atoms with Crippen LogP contribution in [0.15, 0.2) is 36.4 Å². The van der Waals surface area contributed by atoms with Gasteiger partial charge in [0.15, 0.2) is 5.82 Å². The van der Waals surface area contributed by atoms with Crippen LogP contribution in [0.5, 0.6) is 0 Å². The summed E-state index contributed by atoms with van der Waals surface area (Å²) in [4.78, 5) is 12.9. The summed E-state index contributed by atoms with van der Waals surface area (Å²) in [5.74, 6) is 0.757. The SMILES string of the molecule is COCc1cccc2[nH]nc(-c3nc4ccc(N5CC(CN(C)C)OCC5C)cc4[nH]3)c12. The van der Waals surface area contributed by atoms with Gasteiger partial charge < -0.3 is 24.3 Å². The number of nitrogens with zero attached hydrogens (tertiary/aromatic N) is 4. The van der Waals surface area contributed by atoms with E-state index >= 15 is 0 Å². The number of ether oxygens (including phenoxy) is 2. The number of hydrogen-bond donors (Lipinski definition) is 2. The molecule has 32 heavy (non-hydrogen) atoms. The molecule has 0 bridgehead atoms. The van der Waals surface area contributed by atoms with Gasteiger partial charge in [-0.1, -0.05) is 12.1 Å². The summed E-state index contributed by atoms with van der Waals surface area (Å²) in [5, 5.41) is 8.73. The topological polar surface area (TPSA) is 82.3 Å². The second-order valence-electron chi connectivity index (χ2n) is 8.85. The standard InChI is InChI=1S/C24H30N6O2/c1-15-13-32-18(11-29(2)3)12-30(15)17-8-9-19-21(10-17)26-24(25-19)23-22-16(14-31-4)6-5-7-20(22)27-28-23/h5-10,15,18H,11-14H2,1-4H3,(H,25,26)(H,27,28). The van der Waals surface area contributed by atoms with Gasteiger partial charge >= 0.3 is 0 Å². The fourth-order valence-electron chi connectivity index (χ4n) is 4.58. The molecule has 1 saturated heterocycles. The monoisotopic (exact) mass is 434 g/mol. The first kappa shape index (κ1) is 20.9. The molecule has 1 fully saturated rings. The third-order valence-electron chi connectivity index (χ3n) is 6.07. The average Bonchev–Trinajstić information content (AvgIpc) is 3.39. The van der Waals surface area contributed by atoms with Gasteiger partial charge in [0.25, 0.3) is 0 Å². The number of morpholine rings is 1. The summed E-state index contributed by atoms with van der Waals surface area (Å²) >= 11 is 0. The highest BCUT2D eigenvalue weighted by Crippen LogP contribution is 2.31. The zero-order valence-corrected chi connectivity index (χ0v) is 19.1. The van der Waals surface area contributed by atoms with Crippen LogP contribution in [-0.2, 0) is 16.1 Å². The smallest absolute Gasteiger partial charge is 0.159 e. The normalized spacial score (nSPS) is 19.5. The number of fused-ring (bicyclic) bond motifs is 2. The lowest BCUT2D eigenvalue weighted by molar-refractivity contribution is 0.00880. The molecule has 2 aromatic heterocycles. The highest BCUT2D eigenvalue weighted by molar-refractivity contribution is 5.95. The molecule has 2 N–H and O–H groups in total. The van der Waals surface area contributed by atoms with Crippen LogP contribution in [-0.4, -0.2) is 78.1 Å². The second-order valence-corrected chi connectivity index (χ2v) is 8.85. The number of likely N-dealkylation sites (N-methyl/N-ethyl adjacent to an activating group) is 1. The van der Waals surface area contributed by atoms with Crippen molar-refractivity contribution in [2.24, 2.45) is 0 Å². The summed E-state index contributed by atoms with van der Waals surface area (Å²) in [7, 11) is 5.87. The van der Waals surface area contributed by atoms with Crippen molar-refractivity contribution in [3.8, 4) is 11.5 Å². The van der Waals surface area contributed by atoms with Gasteiger partial charge in [-0.25, -0.2) is 4.98 Å². The van der Waals surface area contributed by atoms with Crippen LogP contribution >= 0.6 is 0 Å². The Kier molecular flexibility index (Phi) is 5.58. The number of nitrogens with one attached hydrogen (secondary N) is 2. The lowest BCUT2D eigenvalue weighted by Crippen LogP contribution is -2.51. The summed E-state index contributed by atoms with van der Waals surface area (Å²) in [5.41, 5.74) is 5.99. The summed E-state index contributed by atoms with van der Waals surface area (Å²) in [6.45, 7) is 5.25. The van der Waals surface area contributed by atoms with E-state index in [0.29, 0.717) is 12.6 Å². The molecule has 2 unspecified atom stereocenters. The Bertz CT molecular complexity index is 1230. The zero-order valence-electron chi connectivity index (χ0n) is 19.1. The van der Waals surface area contributed by atoms with Crippen molar-refractivity contribution in [1.29, 1.82) is 0 Å². The van der Waals surface area contributed by atoms with Crippen molar-refractivity contribution in [3.63, 3.8) is 0 Å². The van der Waals surface area contributed by atoms with Crippen molar-refractivity contribution in [1.82, 2.24) is 25.1 Å². The predicted octanol–water partition coefficient (Wildman–Crippen LogP) is 3.41. The molecular formula is C24H30N6O2. The van der Waals surface area contributed by atoms with E-state index in [1.807, 2.05) is 12.1 Å². The minimum Gasteiger partial charge on any atom is -0.380 e. The van der Waals surface area contributed by atoms with Crippen LogP contribution in [0.25, 0.3) is 33.5 Å². The second kappa shape index (κ2) is 8.54. The van der Waals surface area contributed by atoms with Gasteiger partial charge in [0, 0.05) is 37.3 Å². The number of H-pyrrole nitrogens is 2. The third-order valence-corrected chi connectivity index (χ3v) is 6.07. The van der Waals surface area contributed by atoms with Crippen LogP contribution in [0.4, 0.5) is 5.69 Å². The van der Waals surface area contributed by atoms with Crippen molar-refractivity contribution < 1.29 is 9.47 Å². The molecule has 168 valence electrons. The Morgan fingerprint density at radius 3 is 2.91 bits per heavy atom. The van der Waals surface area contributed by atoms with E-state index in [1.54, 1.807) is 7.11 Å². The zero-order chi connectivity index (χ0) is 22.2. The molecule has 4 aromatic rings. The summed E-state index contributed by atoms with van der Waals surface area (Å²) in [6, 6.07) is 12.8. The molecule has 2 atom stereocenters. The number of aromatic nitrogens is 4. The van der Waals surface area contributed by atoms with Gasteiger partial charge in [0.2, 0.25) is 0 Å². The average molecular weight is 435 g/mol. The molecule has 8 heteroatoms. The van der Waals surface area contributed by atoms with Crippen LogP contribution in [0.2, 0.25) is 0 Å². The van der Waals surface area contributed by atoms with Gasteiger partial charge in [-0.2, -0.15) is 5.10 Å². The number of imidazole rings is 1. The highest BCUT2D eigenvalue weighted by atomic mass is 16.5. The molecule has 3 heterocycles. The first-order valence-corrected chi connectivity index (χ1v) is 11.0. The molecule has 1 aliphatic rings. The van der Waals surface area contributed by atoms with Crippen molar-refractivity contribution in [2.45, 2.75) is 25.7 Å². The van der Waals surface area contributed by atoms with Crippen molar-refractivity contribution >= 4 is 27.6 Å². The maximum absolute atomic E-state index is 6.04. The Balaban J connectivity index is 1.49. The molecule has 0 radical (unpaired) electrons. The van der Waals surface area contributed by atoms with E-state index in [1.165, 1.54) is 5.69 Å². The van der Waals surface area contributed by atoms with Crippen LogP contribution < -0.4 is 4.90 Å². The van der Waals surface area contributed by atoms with Crippen molar-refractivity contribution in [2.75, 3.05) is 45.8 Å². The van der Waals surface area contributed by atoms with Gasteiger partial charge in [0.05, 0.1) is 35.9 Å². The number of rotatable bonds is 6. The molecule has 0 amide bonds. The van der Waals surface area contributed by atoms with E-state index in [-0.39, 0.29) is 6.10 Å². The van der Waals surface area contributed by atoms with Gasteiger partial charge in [-0.15, -0.1) is 0 Å². The minimum absolute atomic E-state index is 0.198. The van der Waals surface area contributed by atoms with E-state index in [0.717, 1.165) is 58.7 Å². The lowest BCUT2D eigenvalue weighted by Gasteiger charge is -2.40. The molecule has 8 nitrogen and oxygen atoms in total. The fourth-order valence-corrected chi connectivity index (χ4v) is 4.58. The number of aromatic amines is 2.